The van der Waals surface area contributed by atoms with Crippen molar-refractivity contribution in [2.24, 2.45) is 17.6 Å². The fourth-order valence-electron chi connectivity index (χ4n) is 11.0. The lowest BCUT2D eigenvalue weighted by atomic mass is 9.86. The highest BCUT2D eigenvalue weighted by Gasteiger charge is 2.45. The molecule has 1 aliphatic carbocycles. The minimum atomic E-state index is -1.12. The Labute approximate surface area is 535 Å². The molecule has 3 aliphatic rings. The van der Waals surface area contributed by atoms with Gasteiger partial charge in [-0.3, -0.25) is 33.6 Å². The molecule has 1 saturated heterocycles. The Kier molecular flexibility index (Phi) is 19.5. The number of rotatable bonds is 14. The molecule has 2 fully saturated rings. The topological polar surface area (TPSA) is 328 Å². The van der Waals surface area contributed by atoms with Gasteiger partial charge in [0, 0.05) is 81.7 Å². The Hall–Kier alpha value is -7.64. The molecule has 7 aromatic heterocycles. The summed E-state index contributed by atoms with van der Waals surface area (Å²) in [7, 11) is 0. The Morgan fingerprint density at radius 1 is 0.730 bits per heavy atom. The summed E-state index contributed by atoms with van der Waals surface area (Å²) >= 11 is 7.34. The van der Waals surface area contributed by atoms with Gasteiger partial charge in [-0.05, 0) is 75.5 Å². The number of aromatic nitrogens is 7. The third-order valence-corrected chi connectivity index (χ3v) is 21.6. The predicted octanol–water partition coefficient (Wildman–Crippen LogP) is 8.29. The lowest BCUT2D eigenvalue weighted by Gasteiger charge is -2.29. The van der Waals surface area contributed by atoms with Gasteiger partial charge in [0.2, 0.25) is 11.8 Å². The molecule has 2 aliphatic heterocycles. The van der Waals surface area contributed by atoms with E-state index in [1.165, 1.54) is 56.7 Å². The number of hydrogen-bond acceptors (Lipinski definition) is 23. The second kappa shape index (κ2) is 27.6. The number of ketones is 1. The van der Waals surface area contributed by atoms with Crippen molar-refractivity contribution < 1.29 is 48.5 Å². The number of aliphatic hydroxyl groups is 1. The molecule has 1 aromatic carbocycles. The highest BCUT2D eigenvalue weighted by molar-refractivity contribution is 7.15. The molecule has 464 valence electrons. The molecule has 0 unspecified atom stereocenters. The number of fused-ring (bicyclic) bond motifs is 16. The van der Waals surface area contributed by atoms with Crippen LogP contribution in [-0.2, 0) is 27.2 Å². The van der Waals surface area contributed by atoms with E-state index in [9.17, 15) is 39.0 Å². The molecule has 0 spiro atoms. The first-order valence-corrected chi connectivity index (χ1v) is 34.3. The van der Waals surface area contributed by atoms with E-state index < -0.39 is 65.7 Å². The highest BCUT2D eigenvalue weighted by Crippen LogP contribution is 2.43. The van der Waals surface area contributed by atoms with Gasteiger partial charge in [-0.2, -0.15) is 0 Å². The van der Waals surface area contributed by atoms with Gasteiger partial charge in [-0.1, -0.05) is 32.9 Å². The smallest absolute Gasteiger partial charge is 0.306 e. The van der Waals surface area contributed by atoms with Crippen LogP contribution in [0.4, 0.5) is 0 Å². The molecule has 5 amide bonds. The minimum absolute atomic E-state index is 0.0201. The van der Waals surface area contributed by atoms with E-state index in [1.54, 1.807) is 40.1 Å². The second-order valence-electron chi connectivity index (χ2n) is 22.0. The van der Waals surface area contributed by atoms with Crippen molar-refractivity contribution in [2.45, 2.75) is 109 Å². The summed E-state index contributed by atoms with van der Waals surface area (Å²) in [6.07, 6.45) is 0.978. The van der Waals surface area contributed by atoms with E-state index in [2.05, 4.69) is 49.6 Å². The molecule has 0 radical (unpaired) electrons. The number of amides is 5. The summed E-state index contributed by atoms with van der Waals surface area (Å²) in [6.45, 7) is 10.8. The molecule has 7 N–H and O–H groups in total. The van der Waals surface area contributed by atoms with Crippen LogP contribution in [0.3, 0.4) is 0 Å². The number of aliphatic hydroxyl groups excluding tert-OH is 1. The van der Waals surface area contributed by atoms with Crippen LogP contribution in [0.15, 0.2) is 63.3 Å². The highest BCUT2D eigenvalue weighted by atomic mass is 32.1. The molecule has 23 nitrogen and oxygen atoms in total. The van der Waals surface area contributed by atoms with Crippen molar-refractivity contribution in [3.63, 3.8) is 0 Å². The van der Waals surface area contributed by atoms with Crippen LogP contribution in [0, 0.1) is 18.8 Å². The number of primary amides is 1. The largest absolute Gasteiger partial charge is 0.492 e. The first kappa shape index (κ1) is 62.9. The third-order valence-electron chi connectivity index (χ3n) is 16.1. The maximum Gasteiger partial charge on any atom is 0.306 e. The Bertz CT molecular complexity index is 3940. The molecule has 5 atom stereocenters. The second-order valence-corrected chi connectivity index (χ2v) is 27.6. The average Bonchev–Trinajstić information content (AvgIpc) is 1.83. The van der Waals surface area contributed by atoms with Crippen LogP contribution in [0.25, 0.3) is 43.4 Å². The van der Waals surface area contributed by atoms with Gasteiger partial charge in [0.15, 0.2) is 5.78 Å². The molecule has 8 aromatic rings. The van der Waals surface area contributed by atoms with Gasteiger partial charge in [0.05, 0.1) is 41.2 Å². The zero-order chi connectivity index (χ0) is 62.6. The number of aliphatic carboxylic acids is 1. The van der Waals surface area contributed by atoms with Gasteiger partial charge in [-0.15, -0.1) is 68.0 Å². The number of Topliss-reactive ketones (excluding diaryl/α,β-unsaturated/α-hetero) is 1. The monoisotopic (exact) mass is 1320 g/mol. The van der Waals surface area contributed by atoms with Gasteiger partial charge < -0.3 is 46.4 Å². The van der Waals surface area contributed by atoms with Crippen molar-refractivity contribution >= 4 is 109 Å². The summed E-state index contributed by atoms with van der Waals surface area (Å²) < 4.78 is 6.06. The van der Waals surface area contributed by atoms with Crippen molar-refractivity contribution in [1.29, 1.82) is 0 Å². The predicted molar refractivity (Wildman–Crippen MR) is 339 cm³/mol. The number of likely N-dealkylation sites (N-methyl/N-ethyl adjacent to an activating group) is 1. The number of hydrogen-bond donors (Lipinski definition) is 6. The van der Waals surface area contributed by atoms with E-state index in [4.69, 9.17) is 30.4 Å². The van der Waals surface area contributed by atoms with Crippen molar-refractivity contribution in [2.75, 3.05) is 32.8 Å². The molecule has 11 rings (SSSR count). The van der Waals surface area contributed by atoms with Crippen molar-refractivity contribution in [3.05, 3.63) is 112 Å². The normalized spacial score (nSPS) is 20.8. The number of nitrogens with two attached hydrogens (primary N) is 1. The minimum Gasteiger partial charge on any atom is -0.492 e. The summed E-state index contributed by atoms with van der Waals surface area (Å²) in [5.74, 6) is -4.17. The summed E-state index contributed by atoms with van der Waals surface area (Å²) in [5.41, 5.74) is 9.09. The lowest BCUT2D eigenvalue weighted by molar-refractivity contribution is -0.143. The van der Waals surface area contributed by atoms with Crippen LogP contribution in [0.5, 0.6) is 5.75 Å². The summed E-state index contributed by atoms with van der Waals surface area (Å²) in [6, 6.07) is 7.90. The Morgan fingerprint density at radius 3 is 2.15 bits per heavy atom. The van der Waals surface area contributed by atoms with E-state index in [0.29, 0.717) is 96.3 Å². The van der Waals surface area contributed by atoms with Crippen LogP contribution in [0.1, 0.15) is 139 Å². The van der Waals surface area contributed by atoms with Crippen LogP contribution in [-0.4, -0.2) is 147 Å². The molecule has 1 saturated carbocycles. The molecular weight excluding hydrogens is 1260 g/mol. The first-order chi connectivity index (χ1) is 42.9. The molecule has 9 heterocycles. The third kappa shape index (κ3) is 14.4. The van der Waals surface area contributed by atoms with Gasteiger partial charge in [0.1, 0.15) is 83.3 Å². The van der Waals surface area contributed by atoms with Crippen LogP contribution < -0.4 is 26.4 Å². The van der Waals surface area contributed by atoms with Crippen LogP contribution in [0.2, 0.25) is 0 Å². The first-order valence-electron chi connectivity index (χ1n) is 29.1. The number of carboxylic acids is 1. The molecule has 10 bridgehead atoms. The maximum absolute atomic E-state index is 15.2. The van der Waals surface area contributed by atoms with Crippen LogP contribution >= 0.6 is 68.0 Å². The molecular formula is C60H63N13O10S6. The van der Waals surface area contributed by atoms with Crippen molar-refractivity contribution in [3.8, 4) is 49.1 Å². The number of aryl methyl sites for hydroxylation is 2. The van der Waals surface area contributed by atoms with E-state index in [0.717, 1.165) is 36.5 Å². The zero-order valence-electron chi connectivity index (χ0n) is 48.8. The molecule has 89 heavy (non-hydrogen) atoms. The number of carbonyl (C=O) groups excluding carboxylic acids is 6. The number of ether oxygens (including phenoxy) is 1. The van der Waals surface area contributed by atoms with Gasteiger partial charge in [0.25, 0.3) is 17.7 Å². The van der Waals surface area contributed by atoms with Gasteiger partial charge >= 0.3 is 5.97 Å². The standard InChI is InChI=1S/C60H63N13O10S6/c1-5-72(6-2)19-20-83-34-13-7-31(8-14-34)21-38-59(80)73-23-45(75)29(3)50(73)58-70-43(28-88-58)56-67-39(24-86-56)49-35(15-16-36(64-49)55-69-41(27-87-55)51(77)62-33-11-9-32(10-12-33)60(81)82)54-68-42(26-85-54)53(79)65-37(22-46(61)76)57-71-48(30(4)89-57)44(74)17-18-47-63-40(25-84-47)52(78)66-38/h7-8,13-16,24-29,32-33,37-38,45,50,75H,5-6,9-12,17-23H2,1-4H3,(H2,61,76)(H,62,77)(H,65,79)(H,66,78)(H,81,82)/t29-,32?,33?,37-,38-,45-,50-/m0/s1. The average molecular weight is 1320 g/mol. The number of carbonyl (C=O) groups is 7. The quantitative estimate of drug-likeness (QED) is 0.0596. The zero-order valence-corrected chi connectivity index (χ0v) is 53.7. The summed E-state index contributed by atoms with van der Waals surface area (Å²) in [4.78, 5) is 134. The fourth-order valence-corrected chi connectivity index (χ4v) is 16.3. The number of thiazole rings is 6. The van der Waals surface area contributed by atoms with Gasteiger partial charge in [-0.25, -0.2) is 34.9 Å². The maximum atomic E-state index is 15.2. The van der Waals surface area contributed by atoms with E-state index in [-0.39, 0.29) is 77.7 Å². The summed E-state index contributed by atoms with van der Waals surface area (Å²) in [5, 5.41) is 41.0. The SMILES string of the molecule is CCN(CC)CCOc1ccc(C[C@@H]2NC(=O)c3csc(n3)CCC(=O)c3nc(sc3C)[C@H](CC(N)=O)NC(=O)c3csc(n3)-c3ccc(-c4nc(C(=O)NC5CCC(C(=O)O)CC5)cs4)nc3-c3csc(n3)-c3csc(n3)[C@@H]3[C@@H](C)[C@@H](O)CN3C2=O)cc1. The number of nitrogens with zero attached hydrogens (tertiary/aromatic N) is 9. The van der Waals surface area contributed by atoms with Crippen molar-refractivity contribution in [1.82, 2.24) is 60.6 Å². The number of carboxylic acid groups (broad SMARTS) is 1. The van der Waals surface area contributed by atoms with E-state index in [1.807, 2.05) is 41.9 Å². The Balaban J connectivity index is 0.939. The number of benzene rings is 1. The fraction of sp³-hybridized carbons (Fsp3) is 0.400. The number of nitrogens with one attached hydrogen (secondary N) is 3. The number of pyridine rings is 1. The molecule has 29 heteroatoms. The lowest BCUT2D eigenvalue weighted by Crippen LogP contribution is -2.50. The Morgan fingerprint density at radius 2 is 1.40 bits per heavy atom. The van der Waals surface area contributed by atoms with E-state index >= 15 is 4.79 Å².